The van der Waals surface area contributed by atoms with E-state index < -0.39 is 0 Å². The standard InChI is InChI=1S/C22H44O/c1-5-22(20(2)3)19-17-15-13-11-9-7-6-8-10-12-14-16-18-21(4)23/h20,22H,5-19H2,1-4H3. The quantitative estimate of drug-likeness (QED) is 0.250. The monoisotopic (exact) mass is 324 g/mol. The molecule has 0 radical (unpaired) electrons. The average molecular weight is 325 g/mol. The summed E-state index contributed by atoms with van der Waals surface area (Å²) in [6, 6.07) is 0. The van der Waals surface area contributed by atoms with Gasteiger partial charge in [0.05, 0.1) is 0 Å². The van der Waals surface area contributed by atoms with Crippen molar-refractivity contribution in [2.75, 3.05) is 0 Å². The third-order valence-electron chi connectivity index (χ3n) is 5.32. The minimum atomic E-state index is 0.347. The maximum Gasteiger partial charge on any atom is 0.129 e. The first-order valence-corrected chi connectivity index (χ1v) is 10.6. The first-order chi connectivity index (χ1) is 11.1. The van der Waals surface area contributed by atoms with Gasteiger partial charge in [-0.25, -0.2) is 0 Å². The summed E-state index contributed by atoms with van der Waals surface area (Å²) in [6.45, 7) is 8.79. The largest absolute Gasteiger partial charge is 0.300 e. The van der Waals surface area contributed by atoms with Gasteiger partial charge in [-0.2, -0.15) is 0 Å². The van der Waals surface area contributed by atoms with Gasteiger partial charge in [0.15, 0.2) is 0 Å². The summed E-state index contributed by atoms with van der Waals surface area (Å²) in [7, 11) is 0. The summed E-state index contributed by atoms with van der Waals surface area (Å²) < 4.78 is 0. The highest BCUT2D eigenvalue weighted by Crippen LogP contribution is 2.22. The Morgan fingerprint density at radius 2 is 1.09 bits per heavy atom. The molecule has 0 fully saturated rings. The lowest BCUT2D eigenvalue weighted by Crippen LogP contribution is -2.06. The lowest BCUT2D eigenvalue weighted by Gasteiger charge is -2.18. The van der Waals surface area contributed by atoms with E-state index in [9.17, 15) is 4.79 Å². The van der Waals surface area contributed by atoms with Crippen LogP contribution in [-0.4, -0.2) is 5.78 Å². The van der Waals surface area contributed by atoms with Gasteiger partial charge in [-0.1, -0.05) is 104 Å². The Kier molecular flexibility index (Phi) is 16.3. The maximum atomic E-state index is 10.8. The van der Waals surface area contributed by atoms with Crippen molar-refractivity contribution in [2.24, 2.45) is 11.8 Å². The molecule has 0 spiro atoms. The summed E-state index contributed by atoms with van der Waals surface area (Å²) >= 11 is 0. The van der Waals surface area contributed by atoms with Gasteiger partial charge in [-0.3, -0.25) is 0 Å². The molecule has 0 saturated heterocycles. The third-order valence-corrected chi connectivity index (χ3v) is 5.32. The smallest absolute Gasteiger partial charge is 0.129 e. The van der Waals surface area contributed by atoms with E-state index in [0.29, 0.717) is 5.78 Å². The first-order valence-electron chi connectivity index (χ1n) is 10.6. The lowest BCUT2D eigenvalue weighted by molar-refractivity contribution is -0.117. The number of unbranched alkanes of at least 4 members (excludes halogenated alkanes) is 11. The molecule has 138 valence electrons. The fourth-order valence-electron chi connectivity index (χ4n) is 3.56. The van der Waals surface area contributed by atoms with Crippen LogP contribution in [0.25, 0.3) is 0 Å². The molecule has 0 aliphatic heterocycles. The van der Waals surface area contributed by atoms with E-state index in [1.807, 2.05) is 0 Å². The number of carbonyl (C=O) groups excluding carboxylic acids is 1. The number of carbonyl (C=O) groups is 1. The van der Waals surface area contributed by atoms with Crippen molar-refractivity contribution in [3.63, 3.8) is 0 Å². The highest BCUT2D eigenvalue weighted by atomic mass is 16.1. The first kappa shape index (κ1) is 22.7. The highest BCUT2D eigenvalue weighted by molar-refractivity contribution is 5.75. The van der Waals surface area contributed by atoms with Crippen LogP contribution in [0, 0.1) is 11.8 Å². The Labute approximate surface area is 147 Å². The predicted molar refractivity (Wildman–Crippen MR) is 104 cm³/mol. The van der Waals surface area contributed by atoms with Crippen LogP contribution in [0.15, 0.2) is 0 Å². The molecule has 0 aromatic rings. The van der Waals surface area contributed by atoms with Crippen LogP contribution in [0.3, 0.4) is 0 Å². The minimum absolute atomic E-state index is 0.347. The second kappa shape index (κ2) is 16.5. The molecule has 0 aliphatic carbocycles. The van der Waals surface area contributed by atoms with Crippen LogP contribution in [-0.2, 0) is 4.79 Å². The van der Waals surface area contributed by atoms with E-state index in [1.165, 1.54) is 83.5 Å². The van der Waals surface area contributed by atoms with Crippen molar-refractivity contribution < 1.29 is 4.79 Å². The molecular weight excluding hydrogens is 280 g/mol. The Balaban J connectivity index is 3.15. The second-order valence-electron chi connectivity index (χ2n) is 7.90. The van der Waals surface area contributed by atoms with Gasteiger partial charge in [-0.05, 0) is 25.2 Å². The van der Waals surface area contributed by atoms with Crippen molar-refractivity contribution in [1.29, 1.82) is 0 Å². The normalized spacial score (nSPS) is 12.7. The number of hydrogen-bond acceptors (Lipinski definition) is 1. The van der Waals surface area contributed by atoms with Gasteiger partial charge < -0.3 is 4.79 Å². The van der Waals surface area contributed by atoms with Gasteiger partial charge in [0.25, 0.3) is 0 Å². The van der Waals surface area contributed by atoms with Crippen LogP contribution >= 0.6 is 0 Å². The minimum Gasteiger partial charge on any atom is -0.300 e. The Bertz CT molecular complexity index is 257. The van der Waals surface area contributed by atoms with Crippen molar-refractivity contribution in [3.05, 3.63) is 0 Å². The number of ketones is 1. The van der Waals surface area contributed by atoms with Crippen molar-refractivity contribution >= 4 is 5.78 Å². The number of Topliss-reactive ketones (excluding diaryl/α,β-unsaturated/α-hetero) is 1. The Hall–Kier alpha value is -0.330. The van der Waals surface area contributed by atoms with Crippen molar-refractivity contribution in [2.45, 2.75) is 124 Å². The molecule has 0 amide bonds. The molecule has 1 unspecified atom stereocenters. The lowest BCUT2D eigenvalue weighted by atomic mass is 9.88. The Morgan fingerprint density at radius 1 is 0.696 bits per heavy atom. The van der Waals surface area contributed by atoms with Crippen LogP contribution < -0.4 is 0 Å². The second-order valence-corrected chi connectivity index (χ2v) is 7.90. The molecule has 0 aromatic heterocycles. The van der Waals surface area contributed by atoms with Gasteiger partial charge in [-0.15, -0.1) is 0 Å². The SMILES string of the molecule is CCC(CCCCCCCCCCCCCCC(C)=O)C(C)C. The van der Waals surface area contributed by atoms with Crippen LogP contribution in [0.1, 0.15) is 124 Å². The summed E-state index contributed by atoms with van der Waals surface area (Å²) in [5.74, 6) is 2.16. The molecule has 1 atom stereocenters. The van der Waals surface area contributed by atoms with Crippen LogP contribution in [0.5, 0.6) is 0 Å². The molecule has 0 bridgehead atoms. The predicted octanol–water partition coefficient (Wildman–Crippen LogP) is 7.72. The zero-order valence-corrected chi connectivity index (χ0v) is 16.7. The molecule has 23 heavy (non-hydrogen) atoms. The fraction of sp³-hybridized carbons (Fsp3) is 0.955. The van der Waals surface area contributed by atoms with E-state index in [-0.39, 0.29) is 0 Å². The summed E-state index contributed by atoms with van der Waals surface area (Å²) in [5.41, 5.74) is 0. The van der Waals surface area contributed by atoms with Crippen LogP contribution in [0.4, 0.5) is 0 Å². The van der Waals surface area contributed by atoms with Crippen LogP contribution in [0.2, 0.25) is 0 Å². The molecule has 0 rings (SSSR count). The molecule has 0 heterocycles. The van der Waals surface area contributed by atoms with E-state index in [2.05, 4.69) is 20.8 Å². The van der Waals surface area contributed by atoms with Gasteiger partial charge >= 0.3 is 0 Å². The van der Waals surface area contributed by atoms with Crippen molar-refractivity contribution in [3.8, 4) is 0 Å². The van der Waals surface area contributed by atoms with E-state index in [1.54, 1.807) is 6.92 Å². The molecule has 1 heteroatoms. The summed E-state index contributed by atoms with van der Waals surface area (Å²) in [6.07, 6.45) is 20.1. The summed E-state index contributed by atoms with van der Waals surface area (Å²) in [4.78, 5) is 10.8. The average Bonchev–Trinajstić information content (AvgIpc) is 2.50. The molecular formula is C22H44O. The molecule has 0 N–H and O–H groups in total. The van der Waals surface area contributed by atoms with E-state index >= 15 is 0 Å². The maximum absolute atomic E-state index is 10.8. The number of hydrogen-bond donors (Lipinski definition) is 0. The Morgan fingerprint density at radius 3 is 1.43 bits per heavy atom. The van der Waals surface area contributed by atoms with Crippen molar-refractivity contribution in [1.82, 2.24) is 0 Å². The van der Waals surface area contributed by atoms with Gasteiger partial charge in [0.2, 0.25) is 0 Å². The number of rotatable bonds is 17. The third kappa shape index (κ3) is 16.3. The molecule has 0 aromatic carbocycles. The highest BCUT2D eigenvalue weighted by Gasteiger charge is 2.09. The molecule has 0 aliphatic rings. The van der Waals surface area contributed by atoms with Gasteiger partial charge in [0, 0.05) is 6.42 Å². The van der Waals surface area contributed by atoms with E-state index in [4.69, 9.17) is 0 Å². The molecule has 0 saturated carbocycles. The van der Waals surface area contributed by atoms with E-state index in [0.717, 1.165) is 24.7 Å². The molecule has 1 nitrogen and oxygen atoms in total. The van der Waals surface area contributed by atoms with Gasteiger partial charge in [0.1, 0.15) is 5.78 Å². The summed E-state index contributed by atoms with van der Waals surface area (Å²) in [5, 5.41) is 0. The zero-order chi connectivity index (χ0) is 17.3. The zero-order valence-electron chi connectivity index (χ0n) is 16.7. The topological polar surface area (TPSA) is 17.1 Å². The fourth-order valence-corrected chi connectivity index (χ4v) is 3.56.